The summed E-state index contributed by atoms with van der Waals surface area (Å²) in [5.74, 6) is 2.26. The number of benzene rings is 2. The van der Waals surface area contributed by atoms with Crippen LogP contribution in [0.5, 0.6) is 0 Å². The van der Waals surface area contributed by atoms with E-state index in [4.69, 9.17) is 0 Å². The highest BCUT2D eigenvalue weighted by molar-refractivity contribution is 6.28. The molecular weight excluding hydrogens is 464 g/mol. The van der Waals surface area contributed by atoms with E-state index in [1.54, 1.807) is 0 Å². The van der Waals surface area contributed by atoms with Gasteiger partial charge in [-0.2, -0.15) is 0 Å². The highest BCUT2D eigenvalue weighted by Gasteiger charge is 2.29. The molecule has 3 rings (SSSR count). The largest absolute Gasteiger partial charge is 0.289 e. The summed E-state index contributed by atoms with van der Waals surface area (Å²) in [7, 11) is 0. The summed E-state index contributed by atoms with van der Waals surface area (Å²) in [6.45, 7) is 13.7. The molecule has 206 valence electrons. The van der Waals surface area contributed by atoms with Gasteiger partial charge in [-0.1, -0.05) is 103 Å². The number of carbonyl (C=O) groups is 2. The van der Waals surface area contributed by atoms with Gasteiger partial charge in [0.05, 0.1) is 0 Å². The van der Waals surface area contributed by atoms with E-state index >= 15 is 0 Å². The predicted octanol–water partition coefficient (Wildman–Crippen LogP) is 9.95. The van der Waals surface area contributed by atoms with Crippen LogP contribution in [-0.2, 0) is 12.8 Å². The van der Waals surface area contributed by atoms with Crippen molar-refractivity contribution in [2.24, 2.45) is 17.8 Å². The summed E-state index contributed by atoms with van der Waals surface area (Å²) in [5.41, 5.74) is 6.00. The second-order valence-electron chi connectivity index (χ2n) is 12.6. The van der Waals surface area contributed by atoms with E-state index in [0.29, 0.717) is 22.3 Å². The molecule has 38 heavy (non-hydrogen) atoms. The fourth-order valence-corrected chi connectivity index (χ4v) is 5.61. The molecule has 0 spiro atoms. The van der Waals surface area contributed by atoms with Crippen LogP contribution in [0.2, 0.25) is 0 Å². The van der Waals surface area contributed by atoms with Crippen molar-refractivity contribution in [3.05, 3.63) is 81.4 Å². The number of hydrogen-bond donors (Lipinski definition) is 0. The summed E-state index contributed by atoms with van der Waals surface area (Å²) in [6, 6.07) is 11.8. The third-order valence-corrected chi connectivity index (χ3v) is 8.07. The standard InChI is InChI=1S/C36H50O2/c1-25(2)11-7-13-27(5)15-9-17-29-19-21-31-33(23-29)35(37)32-22-20-30(24-34(32)36(31)38)18-10-16-28(6)14-8-12-26(3)4/h15,19-26,28H,7-14,16-18H2,1-6H3/b27-15+. The fraction of sp³-hybridized carbons (Fsp3) is 0.556. The van der Waals surface area contributed by atoms with Gasteiger partial charge >= 0.3 is 0 Å². The van der Waals surface area contributed by atoms with Crippen molar-refractivity contribution < 1.29 is 9.59 Å². The zero-order valence-corrected chi connectivity index (χ0v) is 24.9. The van der Waals surface area contributed by atoms with Crippen molar-refractivity contribution >= 4 is 11.6 Å². The van der Waals surface area contributed by atoms with Crippen molar-refractivity contribution in [2.45, 2.75) is 112 Å². The first-order valence-corrected chi connectivity index (χ1v) is 15.2. The minimum atomic E-state index is -0.0119. The third kappa shape index (κ3) is 8.79. The van der Waals surface area contributed by atoms with Gasteiger partial charge in [-0.05, 0) is 86.5 Å². The van der Waals surface area contributed by atoms with E-state index < -0.39 is 0 Å². The second-order valence-corrected chi connectivity index (χ2v) is 12.6. The smallest absolute Gasteiger partial charge is 0.194 e. The van der Waals surface area contributed by atoms with Gasteiger partial charge in [-0.25, -0.2) is 0 Å². The lowest BCUT2D eigenvalue weighted by Gasteiger charge is -2.19. The molecule has 0 saturated heterocycles. The highest BCUT2D eigenvalue weighted by atomic mass is 16.1. The molecular formula is C36H50O2. The average Bonchev–Trinajstić information content (AvgIpc) is 2.86. The Morgan fingerprint density at radius 3 is 1.76 bits per heavy atom. The maximum atomic E-state index is 13.4. The summed E-state index contributed by atoms with van der Waals surface area (Å²) >= 11 is 0. The molecule has 2 nitrogen and oxygen atoms in total. The zero-order valence-electron chi connectivity index (χ0n) is 24.9. The van der Waals surface area contributed by atoms with Crippen LogP contribution in [0.1, 0.15) is 142 Å². The Kier molecular flexibility index (Phi) is 11.6. The molecule has 0 saturated carbocycles. The van der Waals surface area contributed by atoms with E-state index in [9.17, 15) is 9.59 Å². The third-order valence-electron chi connectivity index (χ3n) is 8.07. The van der Waals surface area contributed by atoms with Gasteiger partial charge in [0.2, 0.25) is 0 Å². The summed E-state index contributed by atoms with van der Waals surface area (Å²) in [6.07, 6.45) is 15.1. The molecule has 2 aromatic carbocycles. The summed E-state index contributed by atoms with van der Waals surface area (Å²) in [4.78, 5) is 26.7. The Bertz CT molecular complexity index is 1120. The van der Waals surface area contributed by atoms with E-state index in [1.165, 1.54) is 44.1 Å². The van der Waals surface area contributed by atoms with Crippen LogP contribution < -0.4 is 0 Å². The molecule has 0 N–H and O–H groups in total. The lowest BCUT2D eigenvalue weighted by molar-refractivity contribution is 0.0979. The Morgan fingerprint density at radius 2 is 1.18 bits per heavy atom. The second kappa shape index (κ2) is 14.6. The normalized spacial score (nSPS) is 14.3. The number of ketones is 2. The van der Waals surface area contributed by atoms with Crippen molar-refractivity contribution in [3.8, 4) is 0 Å². The minimum Gasteiger partial charge on any atom is -0.289 e. The fourth-order valence-electron chi connectivity index (χ4n) is 5.61. The van der Waals surface area contributed by atoms with Crippen molar-refractivity contribution in [2.75, 3.05) is 0 Å². The molecule has 0 radical (unpaired) electrons. The molecule has 2 aromatic rings. The maximum Gasteiger partial charge on any atom is 0.194 e. The van der Waals surface area contributed by atoms with Crippen LogP contribution >= 0.6 is 0 Å². The number of allylic oxidation sites excluding steroid dienone is 2. The number of aryl methyl sites for hydroxylation is 2. The molecule has 0 amide bonds. The van der Waals surface area contributed by atoms with Crippen LogP contribution in [0.4, 0.5) is 0 Å². The van der Waals surface area contributed by atoms with Gasteiger partial charge in [0.1, 0.15) is 0 Å². The van der Waals surface area contributed by atoms with E-state index in [1.807, 2.05) is 30.3 Å². The number of fused-ring (bicyclic) bond motifs is 2. The Morgan fingerprint density at radius 1 is 0.658 bits per heavy atom. The first-order chi connectivity index (χ1) is 18.2. The van der Waals surface area contributed by atoms with Gasteiger partial charge in [-0.15, -0.1) is 0 Å². The predicted molar refractivity (Wildman–Crippen MR) is 161 cm³/mol. The average molecular weight is 515 g/mol. The lowest BCUT2D eigenvalue weighted by Crippen LogP contribution is -2.21. The van der Waals surface area contributed by atoms with Gasteiger partial charge in [0.25, 0.3) is 0 Å². The lowest BCUT2D eigenvalue weighted by atomic mass is 9.82. The van der Waals surface area contributed by atoms with E-state index in [2.05, 4.69) is 53.7 Å². The van der Waals surface area contributed by atoms with Crippen LogP contribution in [0.3, 0.4) is 0 Å². The number of rotatable bonds is 15. The minimum absolute atomic E-state index is 0.00838. The Balaban J connectivity index is 1.58. The van der Waals surface area contributed by atoms with Crippen molar-refractivity contribution in [3.63, 3.8) is 0 Å². The summed E-state index contributed by atoms with van der Waals surface area (Å²) in [5, 5.41) is 0. The molecule has 1 aliphatic rings. The zero-order chi connectivity index (χ0) is 27.7. The molecule has 0 bridgehead atoms. The maximum absolute atomic E-state index is 13.4. The Labute approximate surface area is 232 Å². The monoisotopic (exact) mass is 514 g/mol. The molecule has 0 heterocycles. The topological polar surface area (TPSA) is 34.1 Å². The molecule has 0 aliphatic heterocycles. The van der Waals surface area contributed by atoms with E-state index in [0.717, 1.165) is 61.0 Å². The molecule has 2 heteroatoms. The SMILES string of the molecule is C/C(=C\CCc1ccc2c(c1)C(=O)c1ccc(CCCC(C)CCCC(C)C)cc1C2=O)CCCC(C)C. The quantitative estimate of drug-likeness (QED) is 0.189. The number of carbonyl (C=O) groups excluding carboxylic acids is 2. The molecule has 0 fully saturated rings. The van der Waals surface area contributed by atoms with Gasteiger partial charge < -0.3 is 0 Å². The molecule has 1 aliphatic carbocycles. The Hall–Kier alpha value is -2.48. The highest BCUT2D eigenvalue weighted by Crippen LogP contribution is 2.30. The van der Waals surface area contributed by atoms with Crippen LogP contribution in [0.15, 0.2) is 48.0 Å². The van der Waals surface area contributed by atoms with Crippen molar-refractivity contribution in [1.29, 1.82) is 0 Å². The molecule has 1 atom stereocenters. The van der Waals surface area contributed by atoms with Crippen LogP contribution in [0, 0.1) is 17.8 Å². The van der Waals surface area contributed by atoms with Gasteiger partial charge in [0, 0.05) is 22.3 Å². The van der Waals surface area contributed by atoms with E-state index in [-0.39, 0.29) is 11.6 Å². The van der Waals surface area contributed by atoms with Gasteiger partial charge in [0.15, 0.2) is 11.6 Å². The van der Waals surface area contributed by atoms with Crippen molar-refractivity contribution in [1.82, 2.24) is 0 Å². The first kappa shape index (κ1) is 30.1. The molecule has 1 unspecified atom stereocenters. The van der Waals surface area contributed by atoms with Crippen LogP contribution in [-0.4, -0.2) is 11.6 Å². The first-order valence-electron chi connectivity index (χ1n) is 15.2. The van der Waals surface area contributed by atoms with Gasteiger partial charge in [-0.3, -0.25) is 9.59 Å². The molecule has 0 aromatic heterocycles. The van der Waals surface area contributed by atoms with Crippen LogP contribution in [0.25, 0.3) is 0 Å². The number of hydrogen-bond acceptors (Lipinski definition) is 2. The summed E-state index contributed by atoms with van der Waals surface area (Å²) < 4.78 is 0.